The lowest BCUT2D eigenvalue weighted by molar-refractivity contribution is -0.141. The molecular formula is C26H24F4N8O3. The Balaban J connectivity index is 1.47. The normalized spacial score (nSPS) is 17.2. The number of amides is 1. The van der Waals surface area contributed by atoms with Crippen molar-refractivity contribution in [2.24, 2.45) is 0 Å². The van der Waals surface area contributed by atoms with Gasteiger partial charge in [0.2, 0.25) is 0 Å². The van der Waals surface area contributed by atoms with E-state index in [4.69, 9.17) is 4.52 Å². The van der Waals surface area contributed by atoms with Crippen molar-refractivity contribution < 1.29 is 26.9 Å². The molecule has 2 saturated heterocycles. The van der Waals surface area contributed by atoms with Gasteiger partial charge in [-0.15, -0.1) is 0 Å². The summed E-state index contributed by atoms with van der Waals surface area (Å²) in [6.45, 7) is 4.82. The molecule has 0 N–H and O–H groups in total. The Bertz CT molecular complexity index is 1690. The van der Waals surface area contributed by atoms with E-state index < -0.39 is 35.3 Å². The number of hydrogen-bond donors (Lipinski definition) is 0. The molecule has 6 rings (SSSR count). The molecule has 2 fully saturated rings. The molecule has 4 aromatic heterocycles. The Morgan fingerprint density at radius 3 is 2.49 bits per heavy atom. The molecule has 2 aliphatic heterocycles. The standard InChI is InChI=1S/C26H24F4N8O3/c1-14(27)24(39)36-12-17(13-36)37-20-18(23-33-21(34-41-23)15-6-9-35(2)10-7-15)5-8-31-22(20)38(25(37)40)16-3-4-19(32-11-16)26(28,29)30/h3-5,8,11,15,17H,1,6-7,9-10,12-13H2,2H3. The maximum Gasteiger partial charge on any atom is 0.433 e. The van der Waals surface area contributed by atoms with Crippen LogP contribution in [0.5, 0.6) is 0 Å². The molecule has 0 aliphatic carbocycles. The first-order chi connectivity index (χ1) is 19.5. The minimum absolute atomic E-state index is 0.00502. The Labute approximate surface area is 229 Å². The first-order valence-corrected chi connectivity index (χ1v) is 12.8. The summed E-state index contributed by atoms with van der Waals surface area (Å²) in [5.74, 6) is -1.22. The summed E-state index contributed by atoms with van der Waals surface area (Å²) >= 11 is 0. The van der Waals surface area contributed by atoms with Crippen LogP contribution >= 0.6 is 0 Å². The number of aromatic nitrogens is 6. The van der Waals surface area contributed by atoms with Crippen molar-refractivity contribution in [3.05, 3.63) is 65.0 Å². The third kappa shape index (κ3) is 4.69. The third-order valence-electron chi connectivity index (χ3n) is 7.55. The Morgan fingerprint density at radius 1 is 1.12 bits per heavy atom. The molecule has 0 bridgehead atoms. The van der Waals surface area contributed by atoms with Gasteiger partial charge in [0.1, 0.15) is 11.2 Å². The lowest BCUT2D eigenvalue weighted by Gasteiger charge is -2.39. The highest BCUT2D eigenvalue weighted by molar-refractivity contribution is 5.92. The van der Waals surface area contributed by atoms with E-state index in [1.165, 1.54) is 15.7 Å². The Morgan fingerprint density at radius 2 is 1.85 bits per heavy atom. The summed E-state index contributed by atoms with van der Waals surface area (Å²) in [5, 5.41) is 4.19. The fourth-order valence-electron chi connectivity index (χ4n) is 5.30. The second-order valence-corrected chi connectivity index (χ2v) is 10.2. The van der Waals surface area contributed by atoms with Crippen LogP contribution in [0.3, 0.4) is 0 Å². The van der Waals surface area contributed by atoms with E-state index in [1.807, 2.05) is 7.05 Å². The van der Waals surface area contributed by atoms with Gasteiger partial charge in [-0.25, -0.2) is 23.7 Å². The van der Waals surface area contributed by atoms with Crippen molar-refractivity contribution >= 4 is 17.1 Å². The molecule has 0 atom stereocenters. The molecule has 15 heteroatoms. The maximum absolute atomic E-state index is 13.9. The minimum Gasteiger partial charge on any atom is -0.334 e. The summed E-state index contributed by atoms with van der Waals surface area (Å²) in [4.78, 5) is 41.8. The number of halogens is 4. The predicted octanol–water partition coefficient (Wildman–Crippen LogP) is 3.33. The zero-order chi connectivity index (χ0) is 29.1. The van der Waals surface area contributed by atoms with E-state index in [-0.39, 0.29) is 41.7 Å². The monoisotopic (exact) mass is 572 g/mol. The molecule has 0 aromatic carbocycles. The first kappa shape index (κ1) is 26.8. The number of fused-ring (bicyclic) bond motifs is 1. The number of rotatable bonds is 5. The van der Waals surface area contributed by atoms with Crippen LogP contribution in [-0.4, -0.2) is 78.2 Å². The van der Waals surface area contributed by atoms with Gasteiger partial charge in [0.15, 0.2) is 17.3 Å². The molecule has 214 valence electrons. The molecular weight excluding hydrogens is 548 g/mol. The van der Waals surface area contributed by atoms with Gasteiger partial charge in [0, 0.05) is 25.2 Å². The smallest absolute Gasteiger partial charge is 0.334 e. The van der Waals surface area contributed by atoms with Crippen molar-refractivity contribution in [3.63, 3.8) is 0 Å². The summed E-state index contributed by atoms with van der Waals surface area (Å²) in [6.07, 6.45) is -0.575. The quantitative estimate of drug-likeness (QED) is 0.264. The summed E-state index contributed by atoms with van der Waals surface area (Å²) in [6, 6.07) is 2.92. The third-order valence-corrected chi connectivity index (χ3v) is 7.55. The molecule has 0 unspecified atom stereocenters. The zero-order valence-electron chi connectivity index (χ0n) is 21.8. The molecule has 41 heavy (non-hydrogen) atoms. The van der Waals surface area contributed by atoms with Gasteiger partial charge in [-0.3, -0.25) is 9.36 Å². The van der Waals surface area contributed by atoms with Crippen molar-refractivity contribution in [1.82, 2.24) is 39.0 Å². The number of likely N-dealkylation sites (tertiary alicyclic amines) is 2. The van der Waals surface area contributed by atoms with Crippen LogP contribution in [0.25, 0.3) is 28.3 Å². The van der Waals surface area contributed by atoms with Crippen molar-refractivity contribution in [3.8, 4) is 17.1 Å². The lowest BCUT2D eigenvalue weighted by Crippen LogP contribution is -2.52. The zero-order valence-corrected chi connectivity index (χ0v) is 21.8. The van der Waals surface area contributed by atoms with Crippen LogP contribution in [-0.2, 0) is 11.0 Å². The molecule has 11 nitrogen and oxygen atoms in total. The van der Waals surface area contributed by atoms with Gasteiger partial charge in [0.05, 0.1) is 23.5 Å². The fourth-order valence-corrected chi connectivity index (χ4v) is 5.30. The number of carbonyl (C=O) groups is 1. The lowest BCUT2D eigenvalue weighted by atomic mass is 9.96. The van der Waals surface area contributed by atoms with Crippen LogP contribution in [0.2, 0.25) is 0 Å². The second kappa shape index (κ2) is 9.90. The topological polar surface area (TPSA) is 115 Å². The van der Waals surface area contributed by atoms with Crippen LogP contribution in [0.4, 0.5) is 17.6 Å². The largest absolute Gasteiger partial charge is 0.433 e. The van der Waals surface area contributed by atoms with E-state index in [2.05, 4.69) is 31.6 Å². The Kier molecular flexibility index (Phi) is 6.47. The molecule has 0 spiro atoms. The number of alkyl halides is 3. The minimum atomic E-state index is -4.66. The summed E-state index contributed by atoms with van der Waals surface area (Å²) in [5.41, 5.74) is -0.901. The van der Waals surface area contributed by atoms with E-state index in [1.54, 1.807) is 6.07 Å². The number of piperidine rings is 1. The SMILES string of the molecule is C=C(F)C(=O)N1CC(n2c(=O)n(-c3ccc(C(F)(F)F)nc3)c3nccc(-c4nc(C5CCN(C)CC5)no4)c32)C1. The molecule has 1 amide bonds. The number of hydrogen-bond acceptors (Lipinski definition) is 8. The van der Waals surface area contributed by atoms with Gasteiger partial charge in [-0.2, -0.15) is 18.2 Å². The van der Waals surface area contributed by atoms with Gasteiger partial charge in [-0.05, 0) is 51.2 Å². The van der Waals surface area contributed by atoms with Crippen LogP contribution < -0.4 is 5.69 Å². The predicted molar refractivity (Wildman–Crippen MR) is 137 cm³/mol. The van der Waals surface area contributed by atoms with Crippen molar-refractivity contribution in [2.45, 2.75) is 31.0 Å². The van der Waals surface area contributed by atoms with Gasteiger partial charge < -0.3 is 14.3 Å². The van der Waals surface area contributed by atoms with E-state index >= 15 is 0 Å². The molecule has 0 radical (unpaired) electrons. The molecule has 4 aromatic rings. The average molecular weight is 573 g/mol. The van der Waals surface area contributed by atoms with Gasteiger partial charge in [0.25, 0.3) is 11.8 Å². The molecule has 0 saturated carbocycles. The van der Waals surface area contributed by atoms with Crippen LogP contribution in [0, 0.1) is 0 Å². The van der Waals surface area contributed by atoms with Crippen LogP contribution in [0.1, 0.15) is 36.3 Å². The average Bonchev–Trinajstić information content (AvgIpc) is 3.51. The Hall–Kier alpha value is -4.40. The summed E-state index contributed by atoms with van der Waals surface area (Å²) in [7, 11) is 2.04. The van der Waals surface area contributed by atoms with Gasteiger partial charge in [-0.1, -0.05) is 11.7 Å². The number of pyridine rings is 2. The highest BCUT2D eigenvalue weighted by Gasteiger charge is 2.38. The maximum atomic E-state index is 13.9. The molecule has 6 heterocycles. The highest BCUT2D eigenvalue weighted by Crippen LogP contribution is 2.34. The highest BCUT2D eigenvalue weighted by atomic mass is 19.4. The second-order valence-electron chi connectivity index (χ2n) is 10.2. The van der Waals surface area contributed by atoms with Gasteiger partial charge >= 0.3 is 11.9 Å². The summed E-state index contributed by atoms with van der Waals surface area (Å²) < 4.78 is 61.0. The number of imidazole rings is 1. The number of nitrogens with zero attached hydrogens (tertiary/aromatic N) is 8. The fraction of sp³-hybridized carbons (Fsp3) is 0.385. The van der Waals surface area contributed by atoms with Crippen molar-refractivity contribution in [1.29, 1.82) is 0 Å². The van der Waals surface area contributed by atoms with Crippen LogP contribution in [0.15, 0.2) is 52.3 Å². The number of carbonyl (C=O) groups excluding carboxylic acids is 1. The van der Waals surface area contributed by atoms with Crippen molar-refractivity contribution in [2.75, 3.05) is 33.2 Å². The van der Waals surface area contributed by atoms with E-state index in [0.29, 0.717) is 11.4 Å². The first-order valence-electron chi connectivity index (χ1n) is 12.8. The van der Waals surface area contributed by atoms with E-state index in [9.17, 15) is 27.2 Å². The molecule has 2 aliphatic rings. The van der Waals surface area contributed by atoms with E-state index in [0.717, 1.165) is 48.8 Å².